The minimum atomic E-state index is -5.95. The summed E-state index contributed by atoms with van der Waals surface area (Å²) in [6, 6.07) is -0.268. The molecule has 5 N–H and O–H groups in total. The molecular formula is C6H6O13S4. The first-order valence-corrected chi connectivity index (χ1v) is 10.4. The Labute approximate surface area is 129 Å². The predicted octanol–water partition coefficient (Wildman–Crippen LogP) is -1.62. The smallest absolute Gasteiger partial charge is 0.299 e. The molecule has 0 fully saturated rings. The highest BCUT2D eigenvalue weighted by Crippen LogP contribution is 2.39. The van der Waals surface area contributed by atoms with Crippen molar-refractivity contribution >= 4 is 40.5 Å². The summed E-state index contributed by atoms with van der Waals surface area (Å²) in [6.45, 7) is 0. The Morgan fingerprint density at radius 1 is 0.565 bits per heavy atom. The highest BCUT2D eigenvalue weighted by atomic mass is 32.2. The van der Waals surface area contributed by atoms with Gasteiger partial charge in [0.1, 0.15) is 20.4 Å². The van der Waals surface area contributed by atoms with E-state index in [0.717, 1.165) is 0 Å². The maximum atomic E-state index is 11.2. The monoisotopic (exact) mass is 414 g/mol. The van der Waals surface area contributed by atoms with Gasteiger partial charge in [0.05, 0.1) is 0 Å². The molecule has 1 aromatic rings. The van der Waals surface area contributed by atoms with Gasteiger partial charge in [-0.2, -0.15) is 33.7 Å². The molecule has 0 atom stereocenters. The summed E-state index contributed by atoms with van der Waals surface area (Å²) in [7, 11) is -23.2. The van der Waals surface area contributed by atoms with E-state index >= 15 is 0 Å². The molecule has 17 heteroatoms. The Morgan fingerprint density at radius 3 is 1.17 bits per heavy atom. The third-order valence-electron chi connectivity index (χ3n) is 2.19. The van der Waals surface area contributed by atoms with E-state index in [1.165, 1.54) is 0 Å². The highest BCUT2D eigenvalue weighted by molar-refractivity contribution is 7.91. The number of rotatable bonds is 4. The first kappa shape index (κ1) is 19.7. The zero-order chi connectivity index (χ0) is 18.6. The molecule has 13 nitrogen and oxygen atoms in total. The van der Waals surface area contributed by atoms with Crippen LogP contribution in [0.2, 0.25) is 0 Å². The number of phenols is 1. The standard InChI is InChI=1S/C6H6O13S4/c7-2-1-3(20(8,9)10)5(22(14,15)16)6(23(17,18)19)4(2)21(11,12)13/h1,7H,(H,8,9,10)(H,11,12,13)(H,14,15,16)(H,17,18,19). The Morgan fingerprint density at radius 2 is 0.913 bits per heavy atom. The lowest BCUT2D eigenvalue weighted by Gasteiger charge is -2.13. The van der Waals surface area contributed by atoms with E-state index in [4.69, 9.17) is 18.2 Å². The van der Waals surface area contributed by atoms with Crippen LogP contribution in [-0.2, 0) is 40.5 Å². The van der Waals surface area contributed by atoms with Crippen LogP contribution in [0, 0.1) is 0 Å². The minimum Gasteiger partial charge on any atom is -0.506 e. The fourth-order valence-electron chi connectivity index (χ4n) is 1.51. The zero-order valence-corrected chi connectivity index (χ0v) is 13.5. The Balaban J connectivity index is 4.56. The van der Waals surface area contributed by atoms with Crippen molar-refractivity contribution in [2.24, 2.45) is 0 Å². The fraction of sp³-hybridized carbons (Fsp3) is 0. The van der Waals surface area contributed by atoms with Gasteiger partial charge in [-0.3, -0.25) is 18.2 Å². The molecule has 0 unspecified atom stereocenters. The quantitative estimate of drug-likeness (QED) is 0.348. The highest BCUT2D eigenvalue weighted by Gasteiger charge is 2.40. The number of hydrogen-bond donors (Lipinski definition) is 5. The zero-order valence-electron chi connectivity index (χ0n) is 10.2. The van der Waals surface area contributed by atoms with E-state index in [2.05, 4.69) is 0 Å². The van der Waals surface area contributed by atoms with Crippen LogP contribution in [0.15, 0.2) is 25.6 Å². The van der Waals surface area contributed by atoms with Gasteiger partial charge in [0.25, 0.3) is 40.5 Å². The van der Waals surface area contributed by atoms with Crippen molar-refractivity contribution in [3.05, 3.63) is 6.07 Å². The van der Waals surface area contributed by atoms with Gasteiger partial charge < -0.3 is 5.11 Å². The first-order chi connectivity index (χ1) is 9.88. The van der Waals surface area contributed by atoms with Crippen molar-refractivity contribution in [2.45, 2.75) is 19.6 Å². The minimum absolute atomic E-state index is 0.268. The van der Waals surface area contributed by atoms with Gasteiger partial charge in [0.15, 0.2) is 4.90 Å². The normalized spacial score (nSPS) is 13.9. The van der Waals surface area contributed by atoms with Crippen molar-refractivity contribution in [1.82, 2.24) is 0 Å². The number of hydrogen-bond acceptors (Lipinski definition) is 9. The number of aromatic hydroxyl groups is 1. The molecule has 0 radical (unpaired) electrons. The molecule has 0 aliphatic rings. The van der Waals surface area contributed by atoms with Gasteiger partial charge in [0, 0.05) is 6.07 Å². The van der Waals surface area contributed by atoms with Crippen molar-refractivity contribution < 1.29 is 57.0 Å². The van der Waals surface area contributed by atoms with E-state index in [1.807, 2.05) is 0 Å². The average molecular weight is 414 g/mol. The third-order valence-corrected chi connectivity index (χ3v) is 6.25. The predicted molar refractivity (Wildman–Crippen MR) is 67.4 cm³/mol. The molecule has 23 heavy (non-hydrogen) atoms. The second-order valence-electron chi connectivity index (χ2n) is 3.78. The molecule has 0 heterocycles. The van der Waals surface area contributed by atoms with Crippen LogP contribution in [-0.4, -0.2) is 57.0 Å². The van der Waals surface area contributed by atoms with Crippen LogP contribution >= 0.6 is 0 Å². The second kappa shape index (κ2) is 5.34. The molecule has 1 rings (SSSR count). The van der Waals surface area contributed by atoms with Crippen LogP contribution in [0.1, 0.15) is 0 Å². The van der Waals surface area contributed by atoms with E-state index in [-0.39, 0.29) is 6.07 Å². The molecular weight excluding hydrogens is 408 g/mol. The molecule has 0 spiro atoms. The molecule has 0 bridgehead atoms. The van der Waals surface area contributed by atoms with E-state index in [1.54, 1.807) is 0 Å². The van der Waals surface area contributed by atoms with E-state index in [9.17, 15) is 38.8 Å². The van der Waals surface area contributed by atoms with Crippen molar-refractivity contribution in [3.63, 3.8) is 0 Å². The van der Waals surface area contributed by atoms with Crippen LogP contribution in [0.3, 0.4) is 0 Å². The summed E-state index contributed by atoms with van der Waals surface area (Å²) in [4.78, 5) is -8.74. The summed E-state index contributed by atoms with van der Waals surface area (Å²) >= 11 is 0. The largest absolute Gasteiger partial charge is 0.506 e. The Hall–Kier alpha value is -1.34. The Bertz CT molecular complexity index is 1090. The lowest BCUT2D eigenvalue weighted by Crippen LogP contribution is -2.18. The SMILES string of the molecule is O=S(=O)(O)c1cc(O)c(S(=O)(=O)O)c(S(=O)(=O)O)c1S(=O)(=O)O. The molecule has 0 aliphatic heterocycles. The summed E-state index contributed by atoms with van der Waals surface area (Å²) < 4.78 is 125. The summed E-state index contributed by atoms with van der Waals surface area (Å²) in [5.74, 6) is -1.85. The Kier molecular flexibility index (Phi) is 4.58. The summed E-state index contributed by atoms with van der Waals surface area (Å²) in [5, 5.41) is 9.36. The first-order valence-electron chi connectivity index (χ1n) is 4.68. The molecule has 0 saturated carbocycles. The maximum absolute atomic E-state index is 11.2. The summed E-state index contributed by atoms with van der Waals surface area (Å²) in [5.41, 5.74) is 0. The molecule has 0 amide bonds. The second-order valence-corrected chi connectivity index (χ2v) is 9.25. The van der Waals surface area contributed by atoms with Crippen LogP contribution in [0.4, 0.5) is 0 Å². The van der Waals surface area contributed by atoms with Crippen LogP contribution < -0.4 is 0 Å². The van der Waals surface area contributed by atoms with Crippen molar-refractivity contribution in [3.8, 4) is 5.75 Å². The van der Waals surface area contributed by atoms with Crippen molar-refractivity contribution in [2.75, 3.05) is 0 Å². The van der Waals surface area contributed by atoms with Crippen molar-refractivity contribution in [1.29, 1.82) is 0 Å². The third kappa shape index (κ3) is 3.95. The number of phenolic OH excluding ortho intramolecular Hbond substituents is 1. The lowest BCUT2D eigenvalue weighted by atomic mass is 10.3. The van der Waals surface area contributed by atoms with Gasteiger partial charge >= 0.3 is 0 Å². The maximum Gasteiger partial charge on any atom is 0.299 e. The number of benzene rings is 1. The summed E-state index contributed by atoms with van der Waals surface area (Å²) in [6.07, 6.45) is 0. The van der Waals surface area contributed by atoms with Gasteiger partial charge in [-0.1, -0.05) is 0 Å². The van der Waals surface area contributed by atoms with Gasteiger partial charge in [0.2, 0.25) is 0 Å². The van der Waals surface area contributed by atoms with E-state index < -0.39 is 65.8 Å². The van der Waals surface area contributed by atoms with Gasteiger partial charge in [-0.15, -0.1) is 0 Å². The van der Waals surface area contributed by atoms with Gasteiger partial charge in [-0.05, 0) is 0 Å². The molecule has 0 aromatic heterocycles. The topological polar surface area (TPSA) is 238 Å². The molecule has 1 aromatic carbocycles. The van der Waals surface area contributed by atoms with Crippen LogP contribution in [0.25, 0.3) is 0 Å². The average Bonchev–Trinajstić information content (AvgIpc) is 2.21. The fourth-order valence-corrected chi connectivity index (χ4v) is 6.12. The van der Waals surface area contributed by atoms with Crippen LogP contribution in [0.5, 0.6) is 5.75 Å². The lowest BCUT2D eigenvalue weighted by molar-refractivity contribution is 0.416. The van der Waals surface area contributed by atoms with Gasteiger partial charge in [-0.25, -0.2) is 0 Å². The molecule has 0 saturated heterocycles. The molecule has 132 valence electrons. The van der Waals surface area contributed by atoms with E-state index in [0.29, 0.717) is 0 Å². The molecule has 0 aliphatic carbocycles.